The molecular formula is C27H32N4O5. The Morgan fingerprint density at radius 2 is 1.67 bits per heavy atom. The molecule has 2 N–H and O–H groups in total. The molecule has 0 radical (unpaired) electrons. The number of aliphatic hydroxyl groups is 1. The van der Waals surface area contributed by atoms with E-state index in [1.165, 1.54) is 17.6 Å². The van der Waals surface area contributed by atoms with Crippen LogP contribution in [0.1, 0.15) is 22.8 Å². The van der Waals surface area contributed by atoms with Gasteiger partial charge in [0.25, 0.3) is 11.8 Å². The number of nitrogens with zero attached hydrogens (tertiary/aromatic N) is 3. The number of hydrogen-bond donors (Lipinski definition) is 2. The highest BCUT2D eigenvalue weighted by Crippen LogP contribution is 2.25. The zero-order chi connectivity index (χ0) is 25.7. The number of β-amino-alcohol motifs (C(OH)–C–C–N with tert-alkyl or cyclic N) is 1. The number of piperazine rings is 1. The Morgan fingerprint density at radius 3 is 2.25 bits per heavy atom. The maximum Gasteiger partial charge on any atom is 0.337 e. The molecule has 4 rings (SSSR count). The number of hydrogen-bond acceptors (Lipinski definition) is 7. The SMILES string of the molecule is CCc1ccc(C(=O)N2CCN(c3ccc(NC4=C(C(=O)OC)CN(CCO)C4=O)cc3)CC2)cc1. The minimum atomic E-state index is -0.573. The van der Waals surface area contributed by atoms with Crippen LogP contribution in [0.5, 0.6) is 0 Å². The Balaban J connectivity index is 1.37. The molecule has 0 unspecified atom stereocenters. The smallest absolute Gasteiger partial charge is 0.337 e. The number of anilines is 2. The first-order valence-corrected chi connectivity index (χ1v) is 12.2. The van der Waals surface area contributed by atoms with Gasteiger partial charge in [-0.1, -0.05) is 19.1 Å². The molecule has 2 aromatic carbocycles. The van der Waals surface area contributed by atoms with Gasteiger partial charge in [0, 0.05) is 49.7 Å². The Morgan fingerprint density at radius 1 is 1.00 bits per heavy atom. The van der Waals surface area contributed by atoms with Gasteiger partial charge in [-0.15, -0.1) is 0 Å². The maximum atomic E-state index is 12.9. The van der Waals surface area contributed by atoms with Crippen LogP contribution in [-0.4, -0.2) is 85.7 Å². The van der Waals surface area contributed by atoms with Crippen molar-refractivity contribution >= 4 is 29.2 Å². The highest BCUT2D eigenvalue weighted by molar-refractivity contribution is 6.08. The number of ether oxygens (including phenoxy) is 1. The zero-order valence-electron chi connectivity index (χ0n) is 20.7. The molecule has 2 heterocycles. The maximum absolute atomic E-state index is 12.9. The second-order valence-electron chi connectivity index (χ2n) is 8.80. The number of aliphatic hydroxyl groups excluding tert-OH is 1. The van der Waals surface area contributed by atoms with E-state index in [2.05, 4.69) is 17.1 Å². The molecule has 0 saturated carbocycles. The van der Waals surface area contributed by atoms with Crippen molar-refractivity contribution in [2.75, 3.05) is 63.2 Å². The lowest BCUT2D eigenvalue weighted by Crippen LogP contribution is -2.48. The van der Waals surface area contributed by atoms with Gasteiger partial charge in [-0.3, -0.25) is 9.59 Å². The number of carbonyl (C=O) groups is 3. The van der Waals surface area contributed by atoms with Crippen molar-refractivity contribution in [2.24, 2.45) is 0 Å². The summed E-state index contributed by atoms with van der Waals surface area (Å²) in [4.78, 5) is 43.2. The molecule has 0 spiro atoms. The average molecular weight is 493 g/mol. The van der Waals surface area contributed by atoms with E-state index in [1.54, 1.807) is 0 Å². The molecule has 2 aromatic rings. The molecule has 0 atom stereocenters. The highest BCUT2D eigenvalue weighted by Gasteiger charge is 2.34. The lowest BCUT2D eigenvalue weighted by molar-refractivity contribution is -0.136. The quantitative estimate of drug-likeness (QED) is 0.543. The van der Waals surface area contributed by atoms with E-state index in [0.29, 0.717) is 18.8 Å². The monoisotopic (exact) mass is 492 g/mol. The molecule has 2 aliphatic heterocycles. The Hall–Kier alpha value is -3.85. The van der Waals surface area contributed by atoms with Crippen LogP contribution >= 0.6 is 0 Å². The summed E-state index contributed by atoms with van der Waals surface area (Å²) in [5.74, 6) is -0.863. The second kappa shape index (κ2) is 11.3. The van der Waals surface area contributed by atoms with Gasteiger partial charge in [0.2, 0.25) is 0 Å². The van der Waals surface area contributed by atoms with Crippen LogP contribution < -0.4 is 10.2 Å². The van der Waals surface area contributed by atoms with Crippen LogP contribution in [-0.2, 0) is 20.7 Å². The van der Waals surface area contributed by atoms with Crippen LogP contribution in [0, 0.1) is 0 Å². The van der Waals surface area contributed by atoms with E-state index in [0.717, 1.165) is 30.8 Å². The molecule has 2 aliphatic rings. The van der Waals surface area contributed by atoms with Crippen LogP contribution in [0.4, 0.5) is 11.4 Å². The first kappa shape index (κ1) is 25.2. The minimum Gasteiger partial charge on any atom is -0.466 e. The molecule has 0 aliphatic carbocycles. The predicted molar refractivity (Wildman–Crippen MR) is 137 cm³/mol. The van der Waals surface area contributed by atoms with Crippen molar-refractivity contribution in [3.8, 4) is 0 Å². The van der Waals surface area contributed by atoms with Crippen molar-refractivity contribution in [3.05, 3.63) is 70.9 Å². The van der Waals surface area contributed by atoms with Crippen molar-refractivity contribution < 1.29 is 24.2 Å². The van der Waals surface area contributed by atoms with Crippen LogP contribution in [0.25, 0.3) is 0 Å². The number of methoxy groups -OCH3 is 1. The fourth-order valence-corrected chi connectivity index (χ4v) is 4.48. The highest BCUT2D eigenvalue weighted by atomic mass is 16.5. The van der Waals surface area contributed by atoms with Gasteiger partial charge in [-0.25, -0.2) is 4.79 Å². The van der Waals surface area contributed by atoms with Gasteiger partial charge in [-0.05, 0) is 48.4 Å². The molecule has 9 heteroatoms. The van der Waals surface area contributed by atoms with Crippen LogP contribution in [0.3, 0.4) is 0 Å². The van der Waals surface area contributed by atoms with E-state index in [-0.39, 0.29) is 42.8 Å². The third-order valence-electron chi connectivity index (χ3n) is 6.63. The van der Waals surface area contributed by atoms with Gasteiger partial charge >= 0.3 is 5.97 Å². The number of rotatable bonds is 8. The van der Waals surface area contributed by atoms with E-state index >= 15 is 0 Å². The molecule has 190 valence electrons. The minimum absolute atomic E-state index is 0.0583. The topological polar surface area (TPSA) is 102 Å². The normalized spacial score (nSPS) is 16.0. The van der Waals surface area contributed by atoms with E-state index in [4.69, 9.17) is 4.74 Å². The largest absolute Gasteiger partial charge is 0.466 e. The second-order valence-corrected chi connectivity index (χ2v) is 8.80. The van der Waals surface area contributed by atoms with Gasteiger partial charge in [-0.2, -0.15) is 0 Å². The third kappa shape index (κ3) is 5.36. The lowest BCUT2D eigenvalue weighted by atomic mass is 10.1. The number of carbonyl (C=O) groups excluding carboxylic acids is 3. The summed E-state index contributed by atoms with van der Waals surface area (Å²) >= 11 is 0. The molecular weight excluding hydrogens is 460 g/mol. The van der Waals surface area contributed by atoms with Crippen molar-refractivity contribution in [1.82, 2.24) is 9.80 Å². The van der Waals surface area contributed by atoms with Crippen LogP contribution in [0.15, 0.2) is 59.8 Å². The fraction of sp³-hybridized carbons (Fsp3) is 0.370. The molecule has 9 nitrogen and oxygen atoms in total. The van der Waals surface area contributed by atoms with Crippen molar-refractivity contribution in [1.29, 1.82) is 0 Å². The molecule has 2 amide bonds. The number of amides is 2. The third-order valence-corrected chi connectivity index (χ3v) is 6.63. The average Bonchev–Trinajstić information content (AvgIpc) is 3.23. The summed E-state index contributed by atoms with van der Waals surface area (Å²) in [5, 5.41) is 12.3. The van der Waals surface area contributed by atoms with E-state index in [1.807, 2.05) is 53.4 Å². The van der Waals surface area contributed by atoms with E-state index in [9.17, 15) is 19.5 Å². The van der Waals surface area contributed by atoms with Crippen molar-refractivity contribution in [2.45, 2.75) is 13.3 Å². The van der Waals surface area contributed by atoms with E-state index < -0.39 is 5.97 Å². The van der Waals surface area contributed by atoms with Gasteiger partial charge in [0.15, 0.2) is 0 Å². The lowest BCUT2D eigenvalue weighted by Gasteiger charge is -2.36. The number of nitrogens with one attached hydrogen (secondary N) is 1. The molecule has 1 fully saturated rings. The first-order valence-electron chi connectivity index (χ1n) is 12.2. The Labute approximate surface area is 210 Å². The molecule has 0 bridgehead atoms. The Kier molecular flexibility index (Phi) is 7.90. The van der Waals surface area contributed by atoms with Gasteiger partial charge in [0.1, 0.15) is 5.70 Å². The number of aryl methyl sites for hydroxylation is 1. The molecule has 1 saturated heterocycles. The first-order chi connectivity index (χ1) is 17.4. The summed E-state index contributed by atoms with van der Waals surface area (Å²) in [6.07, 6.45) is 0.948. The number of benzene rings is 2. The molecule has 36 heavy (non-hydrogen) atoms. The summed E-state index contributed by atoms with van der Waals surface area (Å²) in [6, 6.07) is 15.4. The van der Waals surface area contributed by atoms with Gasteiger partial charge in [0.05, 0.1) is 25.8 Å². The van der Waals surface area contributed by atoms with Crippen LogP contribution in [0.2, 0.25) is 0 Å². The fourth-order valence-electron chi connectivity index (χ4n) is 4.48. The van der Waals surface area contributed by atoms with Gasteiger partial charge < -0.3 is 29.9 Å². The summed E-state index contributed by atoms with van der Waals surface area (Å²) in [7, 11) is 1.27. The molecule has 0 aromatic heterocycles. The van der Waals surface area contributed by atoms with Crippen molar-refractivity contribution in [3.63, 3.8) is 0 Å². The summed E-state index contributed by atoms with van der Waals surface area (Å²) in [5.41, 5.74) is 4.02. The summed E-state index contributed by atoms with van der Waals surface area (Å²) in [6.45, 7) is 4.86. The summed E-state index contributed by atoms with van der Waals surface area (Å²) < 4.78 is 4.83. The zero-order valence-corrected chi connectivity index (χ0v) is 20.7. The standard InChI is InChI=1S/C27H32N4O5/c1-3-19-4-6-20(7-5-19)25(33)30-14-12-29(13-15-30)22-10-8-21(9-11-22)28-24-23(27(35)36-2)18-31(16-17-32)26(24)34/h4-11,28,32H,3,12-18H2,1-2H3. The Bertz CT molecular complexity index is 1140. The number of esters is 1. The predicted octanol–water partition coefficient (Wildman–Crippen LogP) is 1.88.